The molecule has 1 aromatic carbocycles. The smallest absolute Gasteiger partial charge is 0.280 e. The van der Waals surface area contributed by atoms with Gasteiger partial charge in [-0.1, -0.05) is 12.2 Å². The molecule has 6 nitrogen and oxygen atoms in total. The predicted octanol–water partition coefficient (Wildman–Crippen LogP) is 0.855. The van der Waals surface area contributed by atoms with Crippen molar-refractivity contribution in [3.8, 4) is 0 Å². The molecule has 0 atom stereocenters. The van der Waals surface area contributed by atoms with Crippen LogP contribution in [0, 0.1) is 0 Å². The van der Waals surface area contributed by atoms with Crippen LogP contribution in [0.25, 0.3) is 0 Å². The molecule has 2 rings (SSSR count). The Labute approximate surface area is 116 Å². The lowest BCUT2D eigenvalue weighted by atomic mass is 10.2. The second-order valence-electron chi connectivity index (χ2n) is 3.92. The molecule has 100 valence electrons. The number of anilines is 1. The van der Waals surface area contributed by atoms with Gasteiger partial charge in [0.15, 0.2) is 5.03 Å². The van der Waals surface area contributed by atoms with E-state index < -0.39 is 10.0 Å². The van der Waals surface area contributed by atoms with Gasteiger partial charge in [0.05, 0.1) is 6.33 Å². The van der Waals surface area contributed by atoms with Crippen molar-refractivity contribution < 1.29 is 8.42 Å². The number of sulfonamides is 1. The van der Waals surface area contributed by atoms with E-state index >= 15 is 0 Å². The van der Waals surface area contributed by atoms with Crippen LogP contribution >= 0.6 is 12.2 Å². The summed E-state index contributed by atoms with van der Waals surface area (Å²) in [7, 11) is -1.97. The Morgan fingerprint density at radius 1 is 1.37 bits per heavy atom. The van der Waals surface area contributed by atoms with Crippen LogP contribution in [0.2, 0.25) is 0 Å². The molecule has 19 heavy (non-hydrogen) atoms. The van der Waals surface area contributed by atoms with Crippen molar-refractivity contribution in [3.63, 3.8) is 0 Å². The van der Waals surface area contributed by atoms with E-state index in [-0.39, 0.29) is 10.0 Å². The third-order valence-electron chi connectivity index (χ3n) is 2.38. The number of thiocarbonyl (C=S) groups is 1. The molecule has 0 radical (unpaired) electrons. The Balaban J connectivity index is 2.23. The molecule has 3 N–H and O–H groups in total. The molecule has 1 heterocycles. The monoisotopic (exact) mass is 296 g/mol. The van der Waals surface area contributed by atoms with E-state index in [1.54, 1.807) is 35.9 Å². The average Bonchev–Trinajstić information content (AvgIpc) is 2.77. The lowest BCUT2D eigenvalue weighted by Gasteiger charge is -2.06. The minimum absolute atomic E-state index is 0.0339. The van der Waals surface area contributed by atoms with Crippen LogP contribution < -0.4 is 10.5 Å². The zero-order valence-corrected chi connectivity index (χ0v) is 11.7. The summed E-state index contributed by atoms with van der Waals surface area (Å²) >= 11 is 4.82. The summed E-state index contributed by atoms with van der Waals surface area (Å²) in [6.45, 7) is 0. The third-order valence-corrected chi connectivity index (χ3v) is 3.88. The molecule has 0 fully saturated rings. The van der Waals surface area contributed by atoms with E-state index in [0.29, 0.717) is 11.3 Å². The van der Waals surface area contributed by atoms with E-state index in [9.17, 15) is 8.42 Å². The van der Waals surface area contributed by atoms with Gasteiger partial charge >= 0.3 is 0 Å². The summed E-state index contributed by atoms with van der Waals surface area (Å²) < 4.78 is 28.0. The van der Waals surface area contributed by atoms with E-state index in [2.05, 4.69) is 9.71 Å². The quantitative estimate of drug-likeness (QED) is 0.817. The van der Waals surface area contributed by atoms with E-state index in [4.69, 9.17) is 18.0 Å². The molecule has 0 aliphatic rings. The van der Waals surface area contributed by atoms with Crippen molar-refractivity contribution in [1.29, 1.82) is 0 Å². The Hall–Kier alpha value is -1.93. The maximum atomic E-state index is 12.0. The average molecular weight is 296 g/mol. The maximum Gasteiger partial charge on any atom is 0.280 e. The molecule has 0 bridgehead atoms. The van der Waals surface area contributed by atoms with Gasteiger partial charge in [-0.2, -0.15) is 8.42 Å². The number of nitrogens with two attached hydrogens (primary N) is 1. The Morgan fingerprint density at radius 3 is 2.47 bits per heavy atom. The number of nitrogens with one attached hydrogen (secondary N) is 1. The first-order valence-corrected chi connectivity index (χ1v) is 7.18. The summed E-state index contributed by atoms with van der Waals surface area (Å²) in [5, 5.41) is -0.0339. The Kier molecular flexibility index (Phi) is 3.54. The zero-order valence-electron chi connectivity index (χ0n) is 10.1. The molecule has 0 saturated carbocycles. The number of nitrogens with zero attached hydrogens (tertiary/aromatic N) is 2. The molecule has 0 aliphatic carbocycles. The number of aryl methyl sites for hydroxylation is 1. The third kappa shape index (κ3) is 3.09. The van der Waals surface area contributed by atoms with Gasteiger partial charge in [-0.3, -0.25) is 4.72 Å². The summed E-state index contributed by atoms with van der Waals surface area (Å²) in [6, 6.07) is 6.49. The molecular weight excluding hydrogens is 284 g/mol. The standard InChI is InChI=1S/C11H12N4O2S2/c1-15-6-10(13-7-15)19(16,17)14-9-4-2-8(3-5-9)11(12)18/h2-7,14H,1H3,(H2,12,18). The van der Waals surface area contributed by atoms with Crippen molar-refractivity contribution in [2.45, 2.75) is 5.03 Å². The van der Waals surface area contributed by atoms with E-state index in [1.165, 1.54) is 12.5 Å². The predicted molar refractivity (Wildman–Crippen MR) is 76.3 cm³/mol. The number of hydrogen-bond donors (Lipinski definition) is 2. The highest BCUT2D eigenvalue weighted by Crippen LogP contribution is 2.15. The zero-order chi connectivity index (χ0) is 14.0. The molecule has 2 aromatic rings. The van der Waals surface area contributed by atoms with Gasteiger partial charge in [0.25, 0.3) is 10.0 Å². The van der Waals surface area contributed by atoms with Gasteiger partial charge in [0.2, 0.25) is 0 Å². The number of hydrogen-bond acceptors (Lipinski definition) is 4. The first-order chi connectivity index (χ1) is 8.88. The van der Waals surface area contributed by atoms with Crippen molar-refractivity contribution in [2.75, 3.05) is 4.72 Å². The fourth-order valence-electron chi connectivity index (χ4n) is 1.44. The van der Waals surface area contributed by atoms with Gasteiger partial charge in [-0.25, -0.2) is 4.98 Å². The first kappa shape index (κ1) is 13.5. The Morgan fingerprint density at radius 2 is 2.00 bits per heavy atom. The first-order valence-electron chi connectivity index (χ1n) is 5.29. The van der Waals surface area contributed by atoms with E-state index in [1.807, 2.05) is 0 Å². The van der Waals surface area contributed by atoms with Crippen molar-refractivity contribution in [2.24, 2.45) is 12.8 Å². The number of imidazole rings is 1. The fraction of sp³-hybridized carbons (Fsp3) is 0.0909. The van der Waals surface area contributed by atoms with Gasteiger partial charge < -0.3 is 10.3 Å². The van der Waals surface area contributed by atoms with Gasteiger partial charge in [0, 0.05) is 24.5 Å². The van der Waals surface area contributed by atoms with Crippen LogP contribution in [0.1, 0.15) is 5.56 Å². The van der Waals surface area contributed by atoms with Gasteiger partial charge in [0.1, 0.15) is 4.99 Å². The normalized spacial score (nSPS) is 11.2. The molecule has 1 aromatic heterocycles. The van der Waals surface area contributed by atoms with Gasteiger partial charge in [-0.15, -0.1) is 0 Å². The number of rotatable bonds is 4. The highest BCUT2D eigenvalue weighted by molar-refractivity contribution is 7.92. The minimum Gasteiger partial charge on any atom is -0.389 e. The summed E-state index contributed by atoms with van der Waals surface area (Å²) in [5.74, 6) is 0. The lowest BCUT2D eigenvalue weighted by molar-refractivity contribution is 0.598. The molecule has 0 amide bonds. The fourth-order valence-corrected chi connectivity index (χ4v) is 2.62. The molecule has 0 spiro atoms. The summed E-state index contributed by atoms with van der Waals surface area (Å²) in [4.78, 5) is 4.06. The lowest BCUT2D eigenvalue weighted by Crippen LogP contribution is -2.14. The summed E-state index contributed by atoms with van der Waals surface area (Å²) in [6.07, 6.45) is 2.84. The second-order valence-corrected chi connectivity index (χ2v) is 5.99. The van der Waals surface area contributed by atoms with E-state index in [0.717, 1.165) is 0 Å². The highest BCUT2D eigenvalue weighted by Gasteiger charge is 2.16. The molecule has 0 aliphatic heterocycles. The van der Waals surface area contributed by atoms with Crippen LogP contribution in [-0.2, 0) is 17.1 Å². The molecule has 0 unspecified atom stereocenters. The molecular formula is C11H12N4O2S2. The van der Waals surface area contributed by atoms with Crippen LogP contribution in [0.5, 0.6) is 0 Å². The van der Waals surface area contributed by atoms with Crippen molar-refractivity contribution in [3.05, 3.63) is 42.4 Å². The molecule has 0 saturated heterocycles. The SMILES string of the molecule is Cn1cnc(S(=O)(=O)Nc2ccc(C(N)=S)cc2)c1. The number of benzene rings is 1. The van der Waals surface area contributed by atoms with Crippen molar-refractivity contribution in [1.82, 2.24) is 9.55 Å². The largest absolute Gasteiger partial charge is 0.389 e. The minimum atomic E-state index is -3.67. The van der Waals surface area contributed by atoms with Crippen LogP contribution in [-0.4, -0.2) is 23.0 Å². The summed E-state index contributed by atoms with van der Waals surface area (Å²) in [5.41, 5.74) is 6.56. The molecule has 8 heteroatoms. The highest BCUT2D eigenvalue weighted by atomic mass is 32.2. The van der Waals surface area contributed by atoms with Gasteiger partial charge in [-0.05, 0) is 24.3 Å². The topological polar surface area (TPSA) is 90.0 Å². The number of aromatic nitrogens is 2. The van der Waals surface area contributed by atoms with Crippen LogP contribution in [0.3, 0.4) is 0 Å². The Bertz CT molecular complexity index is 705. The van der Waals surface area contributed by atoms with Crippen molar-refractivity contribution >= 4 is 32.9 Å². The van der Waals surface area contributed by atoms with Crippen LogP contribution in [0.4, 0.5) is 5.69 Å². The maximum absolute atomic E-state index is 12.0. The van der Waals surface area contributed by atoms with Crippen LogP contribution in [0.15, 0.2) is 41.8 Å². The second kappa shape index (κ2) is 4.98.